The summed E-state index contributed by atoms with van der Waals surface area (Å²) in [6.07, 6.45) is -0.229. The van der Waals surface area contributed by atoms with Crippen LogP contribution in [-0.4, -0.2) is 45.6 Å². The lowest BCUT2D eigenvalue weighted by molar-refractivity contribution is -0.194. The highest BCUT2D eigenvalue weighted by Gasteiger charge is 2.57. The summed E-state index contributed by atoms with van der Waals surface area (Å²) in [6.45, 7) is 2.20. The number of aliphatic carboxylic acids is 2. The standard InChI is InChI=1S/C21H20N2O7/c1-12(23-11-16(24)15-5-2-13(10-22)3-6-15)8-14-4-7-17-18(9-14)30-21(29-17,19(25)26)20(27)28/h2-7,9,12,16,23-24H,8,11H2,1H3,(H,25,26)(H,27,28). The highest BCUT2D eigenvalue weighted by atomic mass is 16.8. The van der Waals surface area contributed by atoms with E-state index in [1.807, 2.05) is 13.0 Å². The van der Waals surface area contributed by atoms with Gasteiger partial charge in [0.2, 0.25) is 0 Å². The average molecular weight is 412 g/mol. The van der Waals surface area contributed by atoms with E-state index in [0.29, 0.717) is 24.1 Å². The topological polar surface area (TPSA) is 149 Å². The van der Waals surface area contributed by atoms with E-state index in [4.69, 9.17) is 14.7 Å². The van der Waals surface area contributed by atoms with Crippen molar-refractivity contribution in [3.63, 3.8) is 0 Å². The largest absolute Gasteiger partial charge is 0.475 e. The third kappa shape index (κ3) is 4.20. The van der Waals surface area contributed by atoms with Gasteiger partial charge in [0.1, 0.15) is 0 Å². The van der Waals surface area contributed by atoms with Crippen molar-refractivity contribution in [3.8, 4) is 17.6 Å². The Balaban J connectivity index is 1.59. The molecule has 0 aromatic heterocycles. The second-order valence-electron chi connectivity index (χ2n) is 6.98. The fraction of sp³-hybridized carbons (Fsp3) is 0.286. The van der Waals surface area contributed by atoms with Crippen LogP contribution in [0.2, 0.25) is 0 Å². The predicted octanol–water partition coefficient (Wildman–Crippen LogP) is 1.45. The summed E-state index contributed by atoms with van der Waals surface area (Å²) < 4.78 is 10.1. The number of nitriles is 1. The van der Waals surface area contributed by atoms with Crippen LogP contribution in [0.1, 0.15) is 29.7 Å². The number of carbonyl (C=O) groups is 2. The zero-order valence-electron chi connectivity index (χ0n) is 16.0. The molecule has 0 saturated carbocycles. The van der Waals surface area contributed by atoms with Crippen LogP contribution in [0, 0.1) is 11.3 Å². The van der Waals surface area contributed by atoms with E-state index in [2.05, 4.69) is 5.32 Å². The lowest BCUT2D eigenvalue weighted by Gasteiger charge is -2.18. The first-order valence-corrected chi connectivity index (χ1v) is 9.14. The van der Waals surface area contributed by atoms with Gasteiger partial charge in [0.25, 0.3) is 0 Å². The molecule has 9 heteroatoms. The maximum Gasteiger partial charge on any atom is 0.453 e. The molecule has 30 heavy (non-hydrogen) atoms. The van der Waals surface area contributed by atoms with E-state index in [1.54, 1.807) is 30.3 Å². The SMILES string of the molecule is CC(Cc1ccc2c(c1)OC(C(=O)O)(C(=O)O)O2)NCC(O)c1ccc(C#N)cc1. The summed E-state index contributed by atoms with van der Waals surface area (Å²) >= 11 is 0. The van der Waals surface area contributed by atoms with Gasteiger partial charge >= 0.3 is 17.7 Å². The van der Waals surface area contributed by atoms with Crippen LogP contribution in [0.15, 0.2) is 42.5 Å². The number of ether oxygens (including phenoxy) is 2. The zero-order chi connectivity index (χ0) is 21.9. The molecule has 1 aliphatic rings. The van der Waals surface area contributed by atoms with Gasteiger partial charge in [0.15, 0.2) is 11.5 Å². The van der Waals surface area contributed by atoms with Crippen LogP contribution >= 0.6 is 0 Å². The number of carboxylic acid groups (broad SMARTS) is 2. The minimum absolute atomic E-state index is 0.0420. The van der Waals surface area contributed by atoms with Gasteiger partial charge in [0.05, 0.1) is 17.7 Å². The summed E-state index contributed by atoms with van der Waals surface area (Å²) in [5.74, 6) is -6.20. The van der Waals surface area contributed by atoms with Gasteiger partial charge in [-0.15, -0.1) is 0 Å². The number of fused-ring (bicyclic) bond motifs is 1. The molecule has 1 aliphatic heterocycles. The molecule has 4 N–H and O–H groups in total. The number of nitrogens with zero attached hydrogens (tertiary/aromatic N) is 1. The third-order valence-electron chi connectivity index (χ3n) is 4.70. The first-order chi connectivity index (χ1) is 14.2. The molecule has 2 aromatic carbocycles. The average Bonchev–Trinajstić information content (AvgIpc) is 3.12. The molecule has 2 aromatic rings. The van der Waals surface area contributed by atoms with E-state index in [-0.39, 0.29) is 17.5 Å². The Morgan fingerprint density at radius 3 is 2.33 bits per heavy atom. The molecule has 3 rings (SSSR count). The number of hydrogen-bond donors (Lipinski definition) is 4. The second kappa shape index (κ2) is 8.41. The number of hydrogen-bond acceptors (Lipinski definition) is 7. The fourth-order valence-corrected chi connectivity index (χ4v) is 3.08. The van der Waals surface area contributed by atoms with Crippen LogP contribution < -0.4 is 14.8 Å². The smallest absolute Gasteiger partial charge is 0.453 e. The third-order valence-corrected chi connectivity index (χ3v) is 4.70. The van der Waals surface area contributed by atoms with Crippen LogP contribution in [0.4, 0.5) is 0 Å². The predicted molar refractivity (Wildman–Crippen MR) is 103 cm³/mol. The van der Waals surface area contributed by atoms with E-state index >= 15 is 0 Å². The molecule has 0 spiro atoms. The van der Waals surface area contributed by atoms with Gasteiger partial charge < -0.3 is 30.1 Å². The molecule has 0 fully saturated rings. The van der Waals surface area contributed by atoms with Crippen molar-refractivity contribution in [1.82, 2.24) is 5.32 Å². The number of carboxylic acids is 2. The molecule has 1 heterocycles. The van der Waals surface area contributed by atoms with Gasteiger partial charge in [-0.1, -0.05) is 18.2 Å². The van der Waals surface area contributed by atoms with Crippen LogP contribution in [0.25, 0.3) is 0 Å². The summed E-state index contributed by atoms with van der Waals surface area (Å²) in [6, 6.07) is 13.4. The summed E-state index contributed by atoms with van der Waals surface area (Å²) in [5, 5.41) is 40.7. The Labute approximate surface area is 172 Å². The van der Waals surface area contributed by atoms with Crippen molar-refractivity contribution < 1.29 is 34.4 Å². The number of rotatable bonds is 8. The molecule has 2 atom stereocenters. The van der Waals surface area contributed by atoms with Crippen molar-refractivity contribution in [2.75, 3.05) is 6.54 Å². The van der Waals surface area contributed by atoms with Crippen molar-refractivity contribution in [3.05, 3.63) is 59.2 Å². The Kier molecular flexibility index (Phi) is 5.91. The monoisotopic (exact) mass is 412 g/mol. The lowest BCUT2D eigenvalue weighted by atomic mass is 10.0. The van der Waals surface area contributed by atoms with Gasteiger partial charge in [0, 0.05) is 12.6 Å². The maximum absolute atomic E-state index is 11.3. The number of aliphatic hydroxyl groups is 1. The van der Waals surface area contributed by atoms with E-state index in [1.165, 1.54) is 12.1 Å². The number of nitrogens with one attached hydrogen (secondary N) is 1. The highest BCUT2D eigenvalue weighted by molar-refractivity contribution is 6.01. The minimum Gasteiger partial charge on any atom is -0.475 e. The van der Waals surface area contributed by atoms with Crippen LogP contribution in [0.5, 0.6) is 11.5 Å². The molecule has 2 unspecified atom stereocenters. The molecule has 0 bridgehead atoms. The molecular formula is C21H20N2O7. The highest BCUT2D eigenvalue weighted by Crippen LogP contribution is 2.40. The molecular weight excluding hydrogens is 392 g/mol. The first kappa shape index (κ1) is 21.1. The zero-order valence-corrected chi connectivity index (χ0v) is 16.0. The second-order valence-corrected chi connectivity index (χ2v) is 6.98. The van der Waals surface area contributed by atoms with Gasteiger partial charge in [-0.2, -0.15) is 5.26 Å². The minimum atomic E-state index is -2.78. The maximum atomic E-state index is 11.3. The van der Waals surface area contributed by atoms with Crippen LogP contribution in [0.3, 0.4) is 0 Å². The van der Waals surface area contributed by atoms with E-state index in [9.17, 15) is 24.9 Å². The van der Waals surface area contributed by atoms with Crippen LogP contribution in [-0.2, 0) is 16.0 Å². The normalized spacial score (nSPS) is 15.8. The fourth-order valence-electron chi connectivity index (χ4n) is 3.08. The molecule has 156 valence electrons. The number of aliphatic hydroxyl groups excluding tert-OH is 1. The molecule has 0 aliphatic carbocycles. The Bertz CT molecular complexity index is 983. The van der Waals surface area contributed by atoms with Crippen molar-refractivity contribution in [2.45, 2.75) is 31.3 Å². The van der Waals surface area contributed by atoms with Crippen molar-refractivity contribution in [2.24, 2.45) is 0 Å². The Hall–Kier alpha value is -3.61. The van der Waals surface area contributed by atoms with Crippen molar-refractivity contribution >= 4 is 11.9 Å². The first-order valence-electron chi connectivity index (χ1n) is 9.14. The molecule has 0 saturated heterocycles. The molecule has 9 nitrogen and oxygen atoms in total. The summed E-state index contributed by atoms with van der Waals surface area (Å²) in [4.78, 5) is 22.6. The van der Waals surface area contributed by atoms with Gasteiger partial charge in [-0.3, -0.25) is 0 Å². The van der Waals surface area contributed by atoms with E-state index < -0.39 is 23.8 Å². The summed E-state index contributed by atoms with van der Waals surface area (Å²) in [7, 11) is 0. The molecule has 0 radical (unpaired) electrons. The van der Waals surface area contributed by atoms with E-state index in [0.717, 1.165) is 5.56 Å². The molecule has 0 amide bonds. The quantitative estimate of drug-likeness (QED) is 0.473. The number of benzene rings is 2. The Morgan fingerprint density at radius 1 is 1.10 bits per heavy atom. The van der Waals surface area contributed by atoms with Gasteiger partial charge in [-0.25, -0.2) is 9.59 Å². The van der Waals surface area contributed by atoms with Crippen molar-refractivity contribution in [1.29, 1.82) is 5.26 Å². The summed E-state index contributed by atoms with van der Waals surface area (Å²) in [5.41, 5.74) is 1.98. The lowest BCUT2D eigenvalue weighted by Crippen LogP contribution is -2.54. The van der Waals surface area contributed by atoms with Gasteiger partial charge in [-0.05, 0) is 48.7 Å². The Morgan fingerprint density at radius 2 is 1.73 bits per heavy atom.